The van der Waals surface area contributed by atoms with E-state index in [4.69, 9.17) is 5.84 Å². The highest BCUT2D eigenvalue weighted by molar-refractivity contribution is 5.91. The SMILES string of the molecule is COC(=O)C(C)N(N)C(=O)Nc1ccc(F)cc1. The first-order valence-electron chi connectivity index (χ1n) is 5.14. The van der Waals surface area contributed by atoms with Crippen molar-refractivity contribution in [2.75, 3.05) is 12.4 Å². The van der Waals surface area contributed by atoms with Crippen molar-refractivity contribution in [3.63, 3.8) is 0 Å². The van der Waals surface area contributed by atoms with Crippen LogP contribution in [0.4, 0.5) is 14.9 Å². The molecule has 3 N–H and O–H groups in total. The van der Waals surface area contributed by atoms with Crippen LogP contribution in [0.1, 0.15) is 6.92 Å². The van der Waals surface area contributed by atoms with E-state index in [2.05, 4.69) is 10.1 Å². The molecule has 0 spiro atoms. The first kappa shape index (κ1) is 13.9. The third-order valence-electron chi connectivity index (χ3n) is 2.29. The fourth-order valence-electron chi connectivity index (χ4n) is 1.18. The number of amides is 2. The first-order valence-corrected chi connectivity index (χ1v) is 5.14. The molecule has 1 atom stereocenters. The number of nitrogens with two attached hydrogens (primary N) is 1. The molecule has 0 radical (unpaired) electrons. The predicted molar refractivity (Wildman–Crippen MR) is 62.9 cm³/mol. The van der Waals surface area contributed by atoms with Gasteiger partial charge in [0.15, 0.2) is 0 Å². The normalized spacial score (nSPS) is 11.6. The lowest BCUT2D eigenvalue weighted by molar-refractivity contribution is -0.145. The molecule has 2 amide bonds. The van der Waals surface area contributed by atoms with Crippen molar-refractivity contribution in [3.8, 4) is 0 Å². The quantitative estimate of drug-likeness (QED) is 0.366. The molecule has 6 nitrogen and oxygen atoms in total. The molecule has 1 aromatic carbocycles. The summed E-state index contributed by atoms with van der Waals surface area (Å²) in [4.78, 5) is 22.8. The van der Waals surface area contributed by atoms with Crippen molar-refractivity contribution in [1.82, 2.24) is 5.01 Å². The molecule has 1 rings (SSSR count). The minimum Gasteiger partial charge on any atom is -0.467 e. The molecule has 7 heteroatoms. The van der Waals surface area contributed by atoms with Gasteiger partial charge >= 0.3 is 12.0 Å². The number of benzene rings is 1. The fraction of sp³-hybridized carbons (Fsp3) is 0.273. The number of nitrogens with one attached hydrogen (secondary N) is 1. The topological polar surface area (TPSA) is 84.7 Å². The highest BCUT2D eigenvalue weighted by Gasteiger charge is 2.23. The van der Waals surface area contributed by atoms with Gasteiger partial charge in [-0.3, -0.25) is 0 Å². The number of hydrogen-bond donors (Lipinski definition) is 2. The van der Waals surface area contributed by atoms with Gasteiger partial charge in [-0.1, -0.05) is 0 Å². The number of ether oxygens (including phenoxy) is 1. The number of carbonyl (C=O) groups excluding carboxylic acids is 2. The Morgan fingerprint density at radius 3 is 2.44 bits per heavy atom. The number of carbonyl (C=O) groups is 2. The molecule has 0 aliphatic carbocycles. The van der Waals surface area contributed by atoms with Gasteiger partial charge in [0.1, 0.15) is 11.9 Å². The number of methoxy groups -OCH3 is 1. The summed E-state index contributed by atoms with van der Waals surface area (Å²) in [5.41, 5.74) is 0.369. The van der Waals surface area contributed by atoms with Gasteiger partial charge in [0.2, 0.25) is 0 Å². The van der Waals surface area contributed by atoms with Crippen LogP contribution in [0.2, 0.25) is 0 Å². The molecule has 0 aliphatic heterocycles. The number of rotatable bonds is 3. The van der Waals surface area contributed by atoms with Gasteiger partial charge in [-0.2, -0.15) is 0 Å². The van der Waals surface area contributed by atoms with E-state index in [0.717, 1.165) is 0 Å². The number of hydrazine groups is 1. The zero-order valence-corrected chi connectivity index (χ0v) is 10.0. The Bertz CT molecular complexity index is 436. The maximum Gasteiger partial charge on any atom is 0.336 e. The van der Waals surface area contributed by atoms with Crippen molar-refractivity contribution in [2.45, 2.75) is 13.0 Å². The standard InChI is InChI=1S/C11H14FN3O3/c1-7(10(16)18-2)15(13)11(17)14-9-5-3-8(12)4-6-9/h3-7H,13H2,1-2H3,(H,14,17). The summed E-state index contributed by atoms with van der Waals surface area (Å²) in [5.74, 6) is 4.41. The Morgan fingerprint density at radius 1 is 1.39 bits per heavy atom. The molecule has 0 bridgehead atoms. The second-order valence-electron chi connectivity index (χ2n) is 3.54. The number of nitrogens with zero attached hydrogens (tertiary/aromatic N) is 1. The molecule has 0 saturated heterocycles. The number of hydrogen-bond acceptors (Lipinski definition) is 4. The van der Waals surface area contributed by atoms with Gasteiger partial charge in [-0.25, -0.2) is 24.8 Å². The van der Waals surface area contributed by atoms with Crippen LogP contribution in [-0.4, -0.2) is 30.2 Å². The van der Waals surface area contributed by atoms with Gasteiger partial charge in [-0.05, 0) is 31.2 Å². The Morgan fingerprint density at radius 2 is 1.94 bits per heavy atom. The van der Waals surface area contributed by atoms with Crippen LogP contribution in [0.3, 0.4) is 0 Å². The van der Waals surface area contributed by atoms with Crippen LogP contribution in [-0.2, 0) is 9.53 Å². The maximum absolute atomic E-state index is 12.7. The van der Waals surface area contributed by atoms with E-state index in [1.54, 1.807) is 0 Å². The molecular weight excluding hydrogens is 241 g/mol. The number of esters is 1. The van der Waals surface area contributed by atoms with E-state index in [0.29, 0.717) is 10.7 Å². The van der Waals surface area contributed by atoms with Gasteiger partial charge in [0.05, 0.1) is 7.11 Å². The third-order valence-corrected chi connectivity index (χ3v) is 2.29. The van der Waals surface area contributed by atoms with Crippen molar-refractivity contribution >= 4 is 17.7 Å². The Labute approximate surface area is 103 Å². The molecule has 1 aromatic rings. The zero-order valence-electron chi connectivity index (χ0n) is 10.0. The minimum absolute atomic E-state index is 0.369. The lowest BCUT2D eigenvalue weighted by atomic mass is 10.3. The summed E-state index contributed by atoms with van der Waals surface area (Å²) in [6.07, 6.45) is 0. The lowest BCUT2D eigenvalue weighted by Gasteiger charge is -2.22. The van der Waals surface area contributed by atoms with E-state index in [1.807, 2.05) is 0 Å². The van der Waals surface area contributed by atoms with E-state index < -0.39 is 23.9 Å². The molecule has 98 valence electrons. The molecule has 0 heterocycles. The zero-order chi connectivity index (χ0) is 13.7. The largest absolute Gasteiger partial charge is 0.467 e. The van der Waals surface area contributed by atoms with Crippen LogP contribution in [0.25, 0.3) is 0 Å². The average Bonchev–Trinajstić information content (AvgIpc) is 2.38. The molecule has 18 heavy (non-hydrogen) atoms. The summed E-state index contributed by atoms with van der Waals surface area (Å²) in [7, 11) is 1.20. The summed E-state index contributed by atoms with van der Waals surface area (Å²) in [6, 6.07) is 3.53. The molecular formula is C11H14FN3O3. The van der Waals surface area contributed by atoms with Gasteiger partial charge in [0.25, 0.3) is 0 Å². The molecule has 0 aliphatic rings. The molecule has 1 unspecified atom stereocenters. The highest BCUT2D eigenvalue weighted by atomic mass is 19.1. The van der Waals surface area contributed by atoms with E-state index >= 15 is 0 Å². The van der Waals surface area contributed by atoms with Gasteiger partial charge < -0.3 is 10.1 Å². The minimum atomic E-state index is -0.921. The van der Waals surface area contributed by atoms with Crippen LogP contribution < -0.4 is 11.2 Å². The Kier molecular flexibility index (Phi) is 4.61. The molecule has 0 fully saturated rings. The lowest BCUT2D eigenvalue weighted by Crippen LogP contribution is -2.50. The second kappa shape index (κ2) is 5.97. The van der Waals surface area contributed by atoms with Crippen molar-refractivity contribution in [1.29, 1.82) is 0 Å². The fourth-order valence-corrected chi connectivity index (χ4v) is 1.18. The summed E-state index contributed by atoms with van der Waals surface area (Å²) in [6.45, 7) is 1.43. The maximum atomic E-state index is 12.7. The molecule has 0 aromatic heterocycles. The van der Waals surface area contributed by atoms with Crippen LogP contribution >= 0.6 is 0 Å². The smallest absolute Gasteiger partial charge is 0.336 e. The summed E-state index contributed by atoms with van der Waals surface area (Å²) < 4.78 is 17.1. The van der Waals surface area contributed by atoms with Gasteiger partial charge in [0, 0.05) is 5.69 Å². The monoisotopic (exact) mass is 255 g/mol. The van der Waals surface area contributed by atoms with Crippen LogP contribution in [0.5, 0.6) is 0 Å². The first-order chi connectivity index (χ1) is 8.45. The Hall–Kier alpha value is -2.15. The summed E-state index contributed by atoms with van der Waals surface area (Å²) in [5, 5.41) is 3.12. The van der Waals surface area contributed by atoms with E-state index in [-0.39, 0.29) is 0 Å². The third kappa shape index (κ3) is 3.42. The van der Waals surface area contributed by atoms with Crippen molar-refractivity contribution in [3.05, 3.63) is 30.1 Å². The van der Waals surface area contributed by atoms with Crippen LogP contribution in [0.15, 0.2) is 24.3 Å². The van der Waals surface area contributed by atoms with Crippen LogP contribution in [0, 0.1) is 5.82 Å². The number of urea groups is 1. The van der Waals surface area contributed by atoms with E-state index in [9.17, 15) is 14.0 Å². The van der Waals surface area contributed by atoms with Crippen molar-refractivity contribution < 1.29 is 18.7 Å². The van der Waals surface area contributed by atoms with E-state index in [1.165, 1.54) is 38.3 Å². The number of halogens is 1. The van der Waals surface area contributed by atoms with Crippen molar-refractivity contribution in [2.24, 2.45) is 5.84 Å². The molecule has 0 saturated carbocycles. The van der Waals surface area contributed by atoms with Gasteiger partial charge in [-0.15, -0.1) is 0 Å². The summed E-state index contributed by atoms with van der Waals surface area (Å²) >= 11 is 0. The second-order valence-corrected chi connectivity index (χ2v) is 3.54. The highest BCUT2D eigenvalue weighted by Crippen LogP contribution is 2.09. The number of anilines is 1. The average molecular weight is 255 g/mol. The predicted octanol–water partition coefficient (Wildman–Crippen LogP) is 1.09. The Balaban J connectivity index is 2.65.